The summed E-state index contributed by atoms with van der Waals surface area (Å²) in [6.45, 7) is 8.86. The number of hydrogen-bond donors (Lipinski definition) is 4. The van der Waals surface area contributed by atoms with Gasteiger partial charge >= 0.3 is 24.3 Å². The number of rotatable bonds is 9. The number of carbonyl (C=O) groups is 4. The first-order chi connectivity index (χ1) is 21.3. The molecule has 2 atom stereocenters. The molecule has 1 fully saturated rings. The second-order valence-corrected chi connectivity index (χ2v) is 10.2. The number of aromatic nitrogens is 1. The van der Waals surface area contributed by atoms with Crippen LogP contribution in [0.25, 0.3) is 0 Å². The largest absolute Gasteiger partial charge is 0.490 e. The van der Waals surface area contributed by atoms with Crippen molar-refractivity contribution in [1.29, 1.82) is 0 Å². The fraction of sp³-hybridized carbons (Fsp3) is 0.483. The van der Waals surface area contributed by atoms with Gasteiger partial charge in [0.15, 0.2) is 0 Å². The van der Waals surface area contributed by atoms with E-state index in [1.165, 1.54) is 0 Å². The Hall–Kier alpha value is -4.41. The molecule has 3 rings (SSSR count). The van der Waals surface area contributed by atoms with E-state index in [0.717, 1.165) is 41.1 Å². The number of ether oxygens (including phenoxy) is 1. The number of carbonyl (C=O) groups excluding carboxylic acids is 2. The molecule has 1 saturated heterocycles. The molecule has 46 heavy (non-hydrogen) atoms. The maximum atomic E-state index is 13.0. The van der Waals surface area contributed by atoms with Gasteiger partial charge in [-0.1, -0.05) is 39.8 Å². The van der Waals surface area contributed by atoms with E-state index in [9.17, 15) is 35.9 Å². The van der Waals surface area contributed by atoms with Crippen LogP contribution in [0, 0.1) is 5.92 Å². The van der Waals surface area contributed by atoms with Crippen LogP contribution in [0.1, 0.15) is 62.5 Å². The predicted molar refractivity (Wildman–Crippen MR) is 149 cm³/mol. The Morgan fingerprint density at radius 2 is 1.41 bits per heavy atom. The third-order valence-electron chi connectivity index (χ3n) is 6.47. The van der Waals surface area contributed by atoms with Crippen molar-refractivity contribution in [3.8, 4) is 5.75 Å². The van der Waals surface area contributed by atoms with E-state index in [2.05, 4.69) is 31.0 Å². The molecule has 2 amide bonds. The number of benzene rings is 1. The number of amides is 2. The lowest BCUT2D eigenvalue weighted by atomic mass is 9.97. The van der Waals surface area contributed by atoms with Gasteiger partial charge in [0, 0.05) is 17.9 Å². The zero-order valence-corrected chi connectivity index (χ0v) is 25.3. The van der Waals surface area contributed by atoms with Gasteiger partial charge in [-0.3, -0.25) is 19.8 Å². The minimum Gasteiger partial charge on any atom is -0.489 e. The van der Waals surface area contributed by atoms with Crippen molar-refractivity contribution in [2.24, 2.45) is 5.92 Å². The molecule has 256 valence electrons. The van der Waals surface area contributed by atoms with Gasteiger partial charge in [0.2, 0.25) is 5.91 Å². The second kappa shape index (κ2) is 17.3. The van der Waals surface area contributed by atoms with Gasteiger partial charge < -0.3 is 19.8 Å². The van der Waals surface area contributed by atoms with Crippen LogP contribution in [0.15, 0.2) is 36.4 Å². The summed E-state index contributed by atoms with van der Waals surface area (Å²) < 4.78 is 69.4. The predicted octanol–water partition coefficient (Wildman–Crippen LogP) is 4.90. The van der Waals surface area contributed by atoms with Crippen LogP contribution >= 0.6 is 0 Å². The van der Waals surface area contributed by atoms with E-state index in [-0.39, 0.29) is 17.7 Å². The number of alkyl halides is 6. The molecular weight excluding hydrogens is 632 g/mol. The molecule has 0 spiro atoms. The maximum Gasteiger partial charge on any atom is 0.490 e. The molecule has 1 aromatic carbocycles. The molecule has 4 N–H and O–H groups in total. The van der Waals surface area contributed by atoms with Crippen LogP contribution in [-0.4, -0.2) is 74.0 Å². The molecule has 1 aromatic heterocycles. The zero-order valence-electron chi connectivity index (χ0n) is 25.3. The lowest BCUT2D eigenvalue weighted by Gasteiger charge is -2.29. The molecule has 0 aliphatic carbocycles. The Bertz CT molecular complexity index is 1290. The van der Waals surface area contributed by atoms with Gasteiger partial charge in [-0.25, -0.2) is 15.1 Å². The molecule has 2 unspecified atom stereocenters. The van der Waals surface area contributed by atoms with E-state index in [1.54, 1.807) is 10.4 Å². The van der Waals surface area contributed by atoms with Crippen LogP contribution in [0.2, 0.25) is 0 Å². The lowest BCUT2D eigenvalue weighted by molar-refractivity contribution is -0.193. The Balaban J connectivity index is 0.000000629. The molecular formula is C29H35F6N3O8. The topological polar surface area (TPSA) is 166 Å². The summed E-state index contributed by atoms with van der Waals surface area (Å²) in [5.41, 5.74) is 5.83. The number of hydrogen-bond acceptors (Lipinski definition) is 7. The highest BCUT2D eigenvalue weighted by molar-refractivity contribution is 5.91. The Morgan fingerprint density at radius 1 is 0.957 bits per heavy atom. The highest BCUT2D eigenvalue weighted by Crippen LogP contribution is 2.32. The SMILES string of the molecule is CCc1cc(COc2ccc(C3CCN(C(C(=O)NO)C(C)C)C3=O)cc2)cc(CC)n1.O=C(O)C(F)(F)F.O=C(O)C(F)(F)F. The minimum atomic E-state index is -5.08. The van der Waals surface area contributed by atoms with Crippen molar-refractivity contribution in [2.75, 3.05) is 6.54 Å². The normalized spacial score (nSPS) is 15.3. The number of aryl methyl sites for hydroxylation is 2. The Kier molecular flexibility index (Phi) is 14.9. The average molecular weight is 668 g/mol. The first-order valence-corrected chi connectivity index (χ1v) is 13.8. The van der Waals surface area contributed by atoms with E-state index >= 15 is 0 Å². The molecule has 1 aliphatic rings. The number of carboxylic acid groups (broad SMARTS) is 2. The number of carboxylic acids is 2. The van der Waals surface area contributed by atoms with Crippen LogP contribution < -0.4 is 10.2 Å². The molecule has 1 aliphatic heterocycles. The summed E-state index contributed by atoms with van der Waals surface area (Å²) in [6.07, 6.45) is -7.75. The van der Waals surface area contributed by atoms with Crippen LogP contribution in [-0.2, 0) is 38.6 Å². The van der Waals surface area contributed by atoms with E-state index < -0.39 is 36.2 Å². The van der Waals surface area contributed by atoms with Crippen molar-refractivity contribution in [2.45, 2.75) is 77.9 Å². The summed E-state index contributed by atoms with van der Waals surface area (Å²) in [5.74, 6) is -5.81. The standard InChI is InChI=1S/C25H33N3O4.2C2HF3O2/c1-5-19-13-17(14-20(6-2)26-19)15-32-21-9-7-18(8-10-21)22-11-12-28(25(22)30)23(16(3)4)24(29)27-31;2*3-2(4,5)1(6)7/h7-10,13-14,16,22-23,31H,5-6,11-12,15H2,1-4H3,(H,27,29);2*(H,6,7). The monoisotopic (exact) mass is 667 g/mol. The summed E-state index contributed by atoms with van der Waals surface area (Å²) >= 11 is 0. The molecule has 0 radical (unpaired) electrons. The number of pyridine rings is 1. The summed E-state index contributed by atoms with van der Waals surface area (Å²) in [5, 5.41) is 23.3. The smallest absolute Gasteiger partial charge is 0.489 e. The zero-order chi connectivity index (χ0) is 35.4. The highest BCUT2D eigenvalue weighted by atomic mass is 19.4. The van der Waals surface area contributed by atoms with Gasteiger partial charge in [0.05, 0.1) is 5.92 Å². The Labute approximate surface area is 260 Å². The van der Waals surface area contributed by atoms with Crippen molar-refractivity contribution in [3.63, 3.8) is 0 Å². The van der Waals surface area contributed by atoms with Crippen molar-refractivity contribution < 1.29 is 65.7 Å². The van der Waals surface area contributed by atoms with Crippen LogP contribution in [0.3, 0.4) is 0 Å². The van der Waals surface area contributed by atoms with E-state index in [0.29, 0.717) is 19.6 Å². The number of likely N-dealkylation sites (tertiary alicyclic amines) is 1. The van der Waals surface area contributed by atoms with Gasteiger partial charge in [0.25, 0.3) is 5.91 Å². The molecule has 0 bridgehead atoms. The number of halogens is 6. The van der Waals surface area contributed by atoms with E-state index in [4.69, 9.17) is 29.7 Å². The summed E-state index contributed by atoms with van der Waals surface area (Å²) in [4.78, 5) is 49.1. The third-order valence-corrected chi connectivity index (χ3v) is 6.47. The highest BCUT2D eigenvalue weighted by Gasteiger charge is 2.41. The van der Waals surface area contributed by atoms with Gasteiger partial charge in [-0.2, -0.15) is 26.3 Å². The second-order valence-electron chi connectivity index (χ2n) is 10.2. The number of nitrogens with zero attached hydrogens (tertiary/aromatic N) is 2. The van der Waals surface area contributed by atoms with Crippen molar-refractivity contribution >= 4 is 23.8 Å². The van der Waals surface area contributed by atoms with Crippen LogP contribution in [0.5, 0.6) is 5.75 Å². The number of nitrogens with one attached hydrogen (secondary N) is 1. The molecule has 2 aromatic rings. The first kappa shape index (κ1) is 39.6. The van der Waals surface area contributed by atoms with Gasteiger partial charge in [-0.05, 0) is 60.6 Å². The Morgan fingerprint density at radius 3 is 1.78 bits per heavy atom. The minimum absolute atomic E-state index is 0.0862. The first-order valence-electron chi connectivity index (χ1n) is 13.8. The fourth-order valence-electron chi connectivity index (χ4n) is 4.29. The van der Waals surface area contributed by atoms with Crippen molar-refractivity contribution in [1.82, 2.24) is 15.4 Å². The molecule has 11 nitrogen and oxygen atoms in total. The lowest BCUT2D eigenvalue weighted by Crippen LogP contribution is -2.50. The summed E-state index contributed by atoms with van der Waals surface area (Å²) in [6, 6.07) is 11.1. The molecule has 17 heteroatoms. The number of aliphatic carboxylic acids is 2. The van der Waals surface area contributed by atoms with Crippen LogP contribution in [0.4, 0.5) is 26.3 Å². The molecule has 0 saturated carbocycles. The fourth-order valence-corrected chi connectivity index (χ4v) is 4.29. The maximum absolute atomic E-state index is 13.0. The third kappa shape index (κ3) is 12.2. The number of hydroxylamine groups is 1. The molecule has 2 heterocycles. The quantitative estimate of drug-likeness (QED) is 0.165. The van der Waals surface area contributed by atoms with Gasteiger partial charge in [0.1, 0.15) is 18.4 Å². The average Bonchev–Trinajstić information content (AvgIpc) is 3.35. The summed E-state index contributed by atoms with van der Waals surface area (Å²) in [7, 11) is 0. The van der Waals surface area contributed by atoms with Crippen molar-refractivity contribution in [3.05, 3.63) is 58.9 Å². The van der Waals surface area contributed by atoms with E-state index in [1.807, 2.05) is 38.1 Å². The van der Waals surface area contributed by atoms with Gasteiger partial charge in [-0.15, -0.1) is 0 Å².